The standard InChI is InChI=1S/C54H34N2O/c1-3-14-35(15-4-1)37-30-38(32-39(31-37)42-21-13-24-50-54(42)46-20-8-11-23-49(46)55(50)40-16-5-2-6-17-40)36-26-28-44-43-18-7-10-22-48(43)56(51(44)33-36)41-27-29-53-47(34-41)45-19-9-12-25-52(45)57-53/h1-34H. The van der Waals surface area contributed by atoms with Gasteiger partial charge < -0.3 is 13.6 Å². The Morgan fingerprint density at radius 2 is 0.877 bits per heavy atom. The van der Waals surface area contributed by atoms with Crippen molar-refractivity contribution in [2.24, 2.45) is 0 Å². The monoisotopic (exact) mass is 726 g/mol. The first kappa shape index (κ1) is 31.7. The summed E-state index contributed by atoms with van der Waals surface area (Å²) < 4.78 is 11.0. The zero-order valence-electron chi connectivity index (χ0n) is 30.9. The summed E-state index contributed by atoms with van der Waals surface area (Å²) in [5, 5.41) is 7.20. The predicted molar refractivity (Wildman–Crippen MR) is 239 cm³/mol. The predicted octanol–water partition coefficient (Wildman–Crippen LogP) is 14.8. The average Bonchev–Trinajstić information content (AvgIpc) is 3.94. The Labute approximate surface area is 328 Å². The van der Waals surface area contributed by atoms with Gasteiger partial charge in [0.25, 0.3) is 0 Å². The number of hydrogen-bond acceptors (Lipinski definition) is 1. The van der Waals surface area contributed by atoms with Crippen LogP contribution in [0.15, 0.2) is 211 Å². The number of aromatic nitrogens is 2. The van der Waals surface area contributed by atoms with Gasteiger partial charge in [0.05, 0.1) is 22.1 Å². The molecule has 3 heterocycles. The number of benzene rings is 9. The highest BCUT2D eigenvalue weighted by Gasteiger charge is 2.19. The van der Waals surface area contributed by atoms with Crippen molar-refractivity contribution in [3.63, 3.8) is 0 Å². The van der Waals surface area contributed by atoms with Gasteiger partial charge >= 0.3 is 0 Å². The SMILES string of the molecule is c1ccc(-c2cc(-c3ccc4c5ccccc5n(-c5ccc6oc7ccccc7c6c5)c4c3)cc(-c3cccc4c3c3ccccc3n4-c3ccccc3)c2)cc1. The molecule has 0 N–H and O–H groups in total. The van der Waals surface area contributed by atoms with E-state index in [1.807, 2.05) is 12.1 Å². The lowest BCUT2D eigenvalue weighted by atomic mass is 9.91. The maximum atomic E-state index is 6.24. The number of fused-ring (bicyclic) bond motifs is 9. The van der Waals surface area contributed by atoms with Crippen molar-refractivity contribution >= 4 is 65.6 Å². The molecule has 0 unspecified atom stereocenters. The maximum Gasteiger partial charge on any atom is 0.135 e. The van der Waals surface area contributed by atoms with E-state index in [1.54, 1.807) is 0 Å². The molecule has 3 aromatic heterocycles. The Morgan fingerprint density at radius 1 is 0.281 bits per heavy atom. The lowest BCUT2D eigenvalue weighted by Gasteiger charge is -2.14. The van der Waals surface area contributed by atoms with Crippen LogP contribution in [0.25, 0.3) is 110 Å². The van der Waals surface area contributed by atoms with Crippen LogP contribution in [0.2, 0.25) is 0 Å². The van der Waals surface area contributed by atoms with Crippen LogP contribution in [-0.4, -0.2) is 9.13 Å². The molecule has 0 atom stereocenters. The molecule has 0 spiro atoms. The van der Waals surface area contributed by atoms with Crippen LogP contribution in [0.1, 0.15) is 0 Å². The molecule has 266 valence electrons. The van der Waals surface area contributed by atoms with Crippen LogP contribution in [0.5, 0.6) is 0 Å². The van der Waals surface area contributed by atoms with Crippen LogP contribution in [0.4, 0.5) is 0 Å². The minimum Gasteiger partial charge on any atom is -0.456 e. The minimum absolute atomic E-state index is 0.897. The zero-order chi connectivity index (χ0) is 37.5. The van der Waals surface area contributed by atoms with Gasteiger partial charge in [-0.2, -0.15) is 0 Å². The van der Waals surface area contributed by atoms with Gasteiger partial charge in [0.2, 0.25) is 0 Å². The fourth-order valence-electron chi connectivity index (χ4n) is 9.14. The molecule has 3 heteroatoms. The van der Waals surface area contributed by atoms with E-state index in [0.29, 0.717) is 0 Å². The Kier molecular flexibility index (Phi) is 6.93. The summed E-state index contributed by atoms with van der Waals surface area (Å²) in [4.78, 5) is 0. The topological polar surface area (TPSA) is 23.0 Å². The summed E-state index contributed by atoms with van der Waals surface area (Å²) in [7, 11) is 0. The van der Waals surface area contributed by atoms with Gasteiger partial charge in [-0.15, -0.1) is 0 Å². The van der Waals surface area contributed by atoms with Crippen LogP contribution in [-0.2, 0) is 0 Å². The number of furan rings is 1. The third kappa shape index (κ3) is 4.92. The Bertz CT molecular complexity index is 3510. The van der Waals surface area contributed by atoms with Crippen molar-refractivity contribution < 1.29 is 4.42 Å². The fraction of sp³-hybridized carbons (Fsp3) is 0. The molecule has 0 aliphatic rings. The Hall–Kier alpha value is -7.62. The van der Waals surface area contributed by atoms with E-state index in [1.165, 1.54) is 77.0 Å². The van der Waals surface area contributed by atoms with E-state index in [9.17, 15) is 0 Å². The van der Waals surface area contributed by atoms with Crippen molar-refractivity contribution in [2.75, 3.05) is 0 Å². The Balaban J connectivity index is 1.10. The number of para-hydroxylation sites is 4. The van der Waals surface area contributed by atoms with E-state index < -0.39 is 0 Å². The molecule has 0 amide bonds. The zero-order valence-corrected chi connectivity index (χ0v) is 30.9. The molecule has 0 radical (unpaired) electrons. The molecule has 0 aliphatic carbocycles. The lowest BCUT2D eigenvalue weighted by Crippen LogP contribution is -1.94. The third-order valence-electron chi connectivity index (χ3n) is 11.7. The van der Waals surface area contributed by atoms with Crippen molar-refractivity contribution in [2.45, 2.75) is 0 Å². The summed E-state index contributed by atoms with van der Waals surface area (Å²) >= 11 is 0. The van der Waals surface area contributed by atoms with Crippen LogP contribution in [0.3, 0.4) is 0 Å². The second-order valence-corrected chi connectivity index (χ2v) is 14.9. The smallest absolute Gasteiger partial charge is 0.135 e. The highest BCUT2D eigenvalue weighted by Crippen LogP contribution is 2.42. The fourth-order valence-corrected chi connectivity index (χ4v) is 9.14. The van der Waals surface area contributed by atoms with Crippen LogP contribution >= 0.6 is 0 Å². The van der Waals surface area contributed by atoms with Crippen LogP contribution < -0.4 is 0 Å². The largest absolute Gasteiger partial charge is 0.456 e. The van der Waals surface area contributed by atoms with E-state index in [-0.39, 0.29) is 0 Å². The molecule has 0 saturated carbocycles. The van der Waals surface area contributed by atoms with Gasteiger partial charge in [0.1, 0.15) is 11.2 Å². The van der Waals surface area contributed by atoms with Gasteiger partial charge in [0.15, 0.2) is 0 Å². The molecule has 9 aromatic carbocycles. The van der Waals surface area contributed by atoms with Gasteiger partial charge in [-0.05, 0) is 112 Å². The van der Waals surface area contributed by atoms with Gasteiger partial charge in [-0.25, -0.2) is 0 Å². The van der Waals surface area contributed by atoms with E-state index in [2.05, 4.69) is 203 Å². The van der Waals surface area contributed by atoms with E-state index in [4.69, 9.17) is 4.42 Å². The van der Waals surface area contributed by atoms with Crippen molar-refractivity contribution in [3.05, 3.63) is 206 Å². The maximum absolute atomic E-state index is 6.24. The van der Waals surface area contributed by atoms with Gasteiger partial charge in [-0.1, -0.05) is 127 Å². The number of nitrogens with zero attached hydrogens (tertiary/aromatic N) is 2. The number of hydrogen-bond donors (Lipinski definition) is 0. The molecular weight excluding hydrogens is 693 g/mol. The molecule has 12 aromatic rings. The molecule has 0 saturated heterocycles. The third-order valence-corrected chi connectivity index (χ3v) is 11.7. The van der Waals surface area contributed by atoms with E-state index in [0.717, 1.165) is 33.3 Å². The van der Waals surface area contributed by atoms with Crippen molar-refractivity contribution in [1.29, 1.82) is 0 Å². The quantitative estimate of drug-likeness (QED) is 0.173. The average molecular weight is 727 g/mol. The summed E-state index contributed by atoms with van der Waals surface area (Å²) in [6, 6.07) is 74.7. The first-order valence-electron chi connectivity index (χ1n) is 19.5. The highest BCUT2D eigenvalue weighted by molar-refractivity contribution is 6.16. The van der Waals surface area contributed by atoms with Crippen molar-refractivity contribution in [1.82, 2.24) is 9.13 Å². The number of rotatable bonds is 5. The molecule has 0 fully saturated rings. The first-order valence-corrected chi connectivity index (χ1v) is 19.5. The second-order valence-electron chi connectivity index (χ2n) is 14.9. The molecule has 57 heavy (non-hydrogen) atoms. The van der Waals surface area contributed by atoms with Crippen molar-refractivity contribution in [3.8, 4) is 44.8 Å². The normalized spacial score (nSPS) is 11.9. The lowest BCUT2D eigenvalue weighted by molar-refractivity contribution is 0.669. The first-order chi connectivity index (χ1) is 28.3. The minimum atomic E-state index is 0.897. The second kappa shape index (κ2) is 12.5. The van der Waals surface area contributed by atoms with Crippen LogP contribution in [0, 0.1) is 0 Å². The molecule has 0 aliphatic heterocycles. The molecule has 12 rings (SSSR count). The molecule has 0 bridgehead atoms. The van der Waals surface area contributed by atoms with Gasteiger partial charge in [0, 0.05) is 43.7 Å². The van der Waals surface area contributed by atoms with Gasteiger partial charge in [-0.3, -0.25) is 0 Å². The van der Waals surface area contributed by atoms with E-state index >= 15 is 0 Å². The summed E-state index contributed by atoms with van der Waals surface area (Å²) in [6.07, 6.45) is 0. The molecular formula is C54H34N2O. The summed E-state index contributed by atoms with van der Waals surface area (Å²) in [5.41, 5.74) is 15.9. The summed E-state index contributed by atoms with van der Waals surface area (Å²) in [5.74, 6) is 0. The summed E-state index contributed by atoms with van der Waals surface area (Å²) in [6.45, 7) is 0. The Morgan fingerprint density at radius 3 is 1.70 bits per heavy atom. The molecule has 3 nitrogen and oxygen atoms in total. The highest BCUT2D eigenvalue weighted by atomic mass is 16.3.